The van der Waals surface area contributed by atoms with Crippen molar-refractivity contribution in [1.82, 2.24) is 14.5 Å². The maximum atomic E-state index is 13.0. The van der Waals surface area contributed by atoms with Crippen molar-refractivity contribution in [3.8, 4) is 6.01 Å². The molecule has 1 aromatic carbocycles. The van der Waals surface area contributed by atoms with Crippen LogP contribution in [0.4, 0.5) is 15.9 Å². The lowest BCUT2D eigenvalue weighted by Gasteiger charge is -2.37. The van der Waals surface area contributed by atoms with Gasteiger partial charge in [-0.2, -0.15) is 0 Å². The number of fused-ring (bicyclic) bond motifs is 1. The van der Waals surface area contributed by atoms with E-state index in [4.69, 9.17) is 4.74 Å². The molecule has 0 N–H and O–H groups in total. The Morgan fingerprint density at radius 1 is 1.19 bits per heavy atom. The normalized spacial score (nSPS) is 20.5. The molecule has 0 radical (unpaired) electrons. The lowest BCUT2D eigenvalue weighted by Crippen LogP contribution is -2.50. The van der Waals surface area contributed by atoms with Gasteiger partial charge < -0.3 is 19.8 Å². The maximum absolute atomic E-state index is 13.0. The van der Waals surface area contributed by atoms with Gasteiger partial charge in [-0.1, -0.05) is 0 Å². The molecule has 0 unspecified atom stereocenters. The predicted molar refractivity (Wildman–Crippen MR) is 93.0 cm³/mol. The molecule has 2 aliphatic rings. The highest BCUT2D eigenvalue weighted by Crippen LogP contribution is 2.25. The van der Waals surface area contributed by atoms with Crippen LogP contribution in [-0.2, 0) is 6.54 Å². The molecule has 4 rings (SSSR count). The Kier molecular flexibility index (Phi) is 4.46. The summed E-state index contributed by atoms with van der Waals surface area (Å²) in [5.41, 5.74) is 1.04. The largest absolute Gasteiger partial charge is 0.441 e. The van der Waals surface area contributed by atoms with Crippen LogP contribution in [0.2, 0.25) is 0 Å². The first-order chi connectivity index (χ1) is 12.6. The van der Waals surface area contributed by atoms with Crippen LogP contribution in [0.25, 0.3) is 0 Å². The molecule has 9 heteroatoms. The average molecular weight is 361 g/mol. The number of imidazole rings is 1. The van der Waals surface area contributed by atoms with Crippen LogP contribution in [0.3, 0.4) is 0 Å². The molecule has 1 fully saturated rings. The number of rotatable bonds is 4. The number of nitrogens with zero attached hydrogens (tertiary/aromatic N) is 5. The molecule has 8 nitrogen and oxygen atoms in total. The van der Waals surface area contributed by atoms with Crippen molar-refractivity contribution in [2.75, 3.05) is 37.6 Å². The van der Waals surface area contributed by atoms with Gasteiger partial charge in [-0.15, -0.1) is 0 Å². The molecule has 0 saturated carbocycles. The first-order valence-electron chi connectivity index (χ1n) is 8.69. The van der Waals surface area contributed by atoms with Crippen molar-refractivity contribution < 1.29 is 14.1 Å². The zero-order valence-electron chi connectivity index (χ0n) is 14.3. The fourth-order valence-electron chi connectivity index (χ4n) is 3.48. The summed E-state index contributed by atoms with van der Waals surface area (Å²) in [6.45, 7) is 4.99. The molecule has 0 amide bonds. The van der Waals surface area contributed by atoms with Gasteiger partial charge in [0.2, 0.25) is 0 Å². The number of ether oxygens (including phenoxy) is 1. The van der Waals surface area contributed by atoms with Crippen molar-refractivity contribution in [2.45, 2.75) is 19.1 Å². The predicted octanol–water partition coefficient (Wildman–Crippen LogP) is 1.90. The second-order valence-electron chi connectivity index (χ2n) is 6.62. The number of hydrogen-bond donors (Lipinski definition) is 0. The fourth-order valence-corrected chi connectivity index (χ4v) is 3.48. The summed E-state index contributed by atoms with van der Waals surface area (Å²) in [5, 5.41) is 10.8. The van der Waals surface area contributed by atoms with Crippen LogP contribution < -0.4 is 9.64 Å². The maximum Gasteiger partial charge on any atom is 0.414 e. The van der Waals surface area contributed by atoms with E-state index >= 15 is 0 Å². The van der Waals surface area contributed by atoms with Crippen LogP contribution in [0, 0.1) is 15.9 Å². The second kappa shape index (κ2) is 6.91. The van der Waals surface area contributed by atoms with Crippen molar-refractivity contribution >= 4 is 11.5 Å². The van der Waals surface area contributed by atoms with Crippen LogP contribution in [0.1, 0.15) is 6.42 Å². The second-order valence-corrected chi connectivity index (χ2v) is 6.62. The van der Waals surface area contributed by atoms with E-state index in [2.05, 4.69) is 14.8 Å². The third-order valence-corrected chi connectivity index (χ3v) is 4.90. The Morgan fingerprint density at radius 3 is 2.62 bits per heavy atom. The topological polar surface area (TPSA) is 76.7 Å². The molecule has 1 aromatic heterocycles. The summed E-state index contributed by atoms with van der Waals surface area (Å²) >= 11 is 0. The number of aromatic nitrogens is 2. The van der Waals surface area contributed by atoms with E-state index < -0.39 is 4.92 Å². The lowest BCUT2D eigenvalue weighted by molar-refractivity contribution is -0.389. The van der Waals surface area contributed by atoms with Gasteiger partial charge in [0.25, 0.3) is 0 Å². The Hall–Kier alpha value is -2.68. The van der Waals surface area contributed by atoms with Crippen molar-refractivity contribution in [2.24, 2.45) is 0 Å². The summed E-state index contributed by atoms with van der Waals surface area (Å²) in [6, 6.07) is 6.92. The minimum absolute atomic E-state index is 0.0122. The van der Waals surface area contributed by atoms with E-state index in [0.717, 1.165) is 44.8 Å². The van der Waals surface area contributed by atoms with Crippen LogP contribution in [-0.4, -0.2) is 58.2 Å². The van der Waals surface area contributed by atoms with Gasteiger partial charge >= 0.3 is 11.8 Å². The lowest BCUT2D eigenvalue weighted by atomic mass is 10.2. The van der Waals surface area contributed by atoms with Gasteiger partial charge in [-0.3, -0.25) is 9.47 Å². The first kappa shape index (κ1) is 16.8. The summed E-state index contributed by atoms with van der Waals surface area (Å²) in [7, 11) is 0. The molecule has 2 aliphatic heterocycles. The van der Waals surface area contributed by atoms with E-state index in [1.165, 1.54) is 18.3 Å². The molecular formula is C17H20FN5O3. The highest BCUT2D eigenvalue weighted by Gasteiger charge is 2.30. The number of anilines is 1. The van der Waals surface area contributed by atoms with Gasteiger partial charge in [0.15, 0.2) is 0 Å². The van der Waals surface area contributed by atoms with Gasteiger partial charge in [0, 0.05) is 56.4 Å². The average Bonchev–Trinajstić information content (AvgIpc) is 3.07. The summed E-state index contributed by atoms with van der Waals surface area (Å²) in [5.74, 6) is -0.394. The highest BCUT2D eigenvalue weighted by molar-refractivity contribution is 5.46. The van der Waals surface area contributed by atoms with Crippen LogP contribution in [0.5, 0.6) is 6.01 Å². The molecule has 1 saturated heterocycles. The van der Waals surface area contributed by atoms with Crippen molar-refractivity contribution in [1.29, 1.82) is 0 Å². The van der Waals surface area contributed by atoms with E-state index in [1.807, 2.05) is 12.1 Å². The van der Waals surface area contributed by atoms with Crippen LogP contribution in [0.15, 0.2) is 30.5 Å². The van der Waals surface area contributed by atoms with Crippen LogP contribution >= 0.6 is 0 Å². The number of piperazine rings is 1. The SMILES string of the molecule is O=[N+]([O-])c1cn2c(n1)O[C@@H](CN1CCN(c3ccc(F)cc3)CC1)CC2. The van der Waals surface area contributed by atoms with Gasteiger partial charge in [0.05, 0.1) is 0 Å². The number of hydrogen-bond acceptors (Lipinski definition) is 6. The molecule has 0 spiro atoms. The van der Waals surface area contributed by atoms with E-state index in [9.17, 15) is 14.5 Å². The Labute approximate surface area is 149 Å². The highest BCUT2D eigenvalue weighted by atomic mass is 19.1. The van der Waals surface area contributed by atoms with Gasteiger partial charge in [-0.25, -0.2) is 4.39 Å². The molecule has 26 heavy (non-hydrogen) atoms. The third-order valence-electron chi connectivity index (χ3n) is 4.90. The van der Waals surface area contributed by atoms with Crippen molar-refractivity contribution in [3.05, 3.63) is 46.4 Å². The molecule has 3 heterocycles. The number of aryl methyl sites for hydroxylation is 1. The van der Waals surface area contributed by atoms with E-state index in [-0.39, 0.29) is 17.7 Å². The van der Waals surface area contributed by atoms with E-state index in [0.29, 0.717) is 12.6 Å². The zero-order valence-corrected chi connectivity index (χ0v) is 14.3. The Morgan fingerprint density at radius 2 is 1.92 bits per heavy atom. The number of halogens is 1. The molecule has 0 bridgehead atoms. The standard InChI is InChI=1S/C17H20FN5O3/c18-13-1-3-14(4-2-13)21-9-7-20(8-10-21)11-15-5-6-22-12-16(23(24)25)19-17(22)26-15/h1-4,12,15H,5-11H2/t15-/m1/s1. The molecule has 0 aliphatic carbocycles. The summed E-state index contributed by atoms with van der Waals surface area (Å²) in [6.07, 6.45) is 2.22. The summed E-state index contributed by atoms with van der Waals surface area (Å²) < 4.78 is 20.6. The zero-order chi connectivity index (χ0) is 18.1. The van der Waals surface area contributed by atoms with Gasteiger partial charge in [0.1, 0.15) is 18.1 Å². The Bertz CT molecular complexity index is 786. The monoisotopic (exact) mass is 361 g/mol. The molecule has 2 aromatic rings. The first-order valence-corrected chi connectivity index (χ1v) is 8.69. The third kappa shape index (κ3) is 3.48. The number of nitro groups is 1. The van der Waals surface area contributed by atoms with Gasteiger partial charge in [-0.05, 0) is 29.2 Å². The Balaban J connectivity index is 1.30. The number of benzene rings is 1. The minimum atomic E-state index is -0.502. The molecule has 1 atom stereocenters. The van der Waals surface area contributed by atoms with Crippen molar-refractivity contribution in [3.63, 3.8) is 0 Å². The molecular weight excluding hydrogens is 341 g/mol. The minimum Gasteiger partial charge on any atom is -0.441 e. The quantitative estimate of drug-likeness (QED) is 0.612. The fraction of sp³-hybridized carbons (Fsp3) is 0.471. The summed E-state index contributed by atoms with van der Waals surface area (Å²) in [4.78, 5) is 18.8. The van der Waals surface area contributed by atoms with E-state index in [1.54, 1.807) is 4.57 Å². The molecule has 138 valence electrons. The smallest absolute Gasteiger partial charge is 0.414 e.